The maximum Gasteiger partial charge on any atom is 0.262 e. The minimum atomic E-state index is -3.83. The molecular formula is C10H14FNO3S. The average molecular weight is 247 g/mol. The van der Waals surface area contributed by atoms with Crippen molar-refractivity contribution in [2.75, 3.05) is 0 Å². The number of benzene rings is 1. The first-order valence-electron chi connectivity index (χ1n) is 4.66. The second-order valence-electron chi connectivity index (χ2n) is 4.26. The van der Waals surface area contributed by atoms with Gasteiger partial charge in [0.2, 0.25) is 0 Å². The fourth-order valence-corrected chi connectivity index (χ4v) is 1.84. The third-order valence-electron chi connectivity index (χ3n) is 1.56. The smallest absolute Gasteiger partial charge is 0.262 e. The molecular weight excluding hydrogens is 233 g/mol. The lowest BCUT2D eigenvalue weighted by molar-refractivity contribution is -0.0357. The number of nitrogens with one attached hydrogen (secondary N) is 1. The maximum atomic E-state index is 12.8. The van der Waals surface area contributed by atoms with Gasteiger partial charge in [-0.1, -0.05) is 11.0 Å². The lowest BCUT2D eigenvalue weighted by Gasteiger charge is -2.19. The first-order chi connectivity index (χ1) is 7.21. The van der Waals surface area contributed by atoms with E-state index in [2.05, 4.69) is 0 Å². The fourth-order valence-electron chi connectivity index (χ4n) is 0.862. The highest BCUT2D eigenvalue weighted by Crippen LogP contribution is 2.12. The zero-order valence-corrected chi connectivity index (χ0v) is 10.1. The average Bonchev–Trinajstić information content (AvgIpc) is 2.14. The normalized spacial score (nSPS) is 12.8. The van der Waals surface area contributed by atoms with Gasteiger partial charge in [0.1, 0.15) is 5.82 Å². The standard InChI is InChI=1S/C10H14FNO3S/c1-10(2,3)15-12-16(13,14)9-6-4-5-8(11)7-9/h4-7,12H,1-3H3. The zero-order valence-electron chi connectivity index (χ0n) is 9.32. The van der Waals surface area contributed by atoms with Gasteiger partial charge >= 0.3 is 0 Å². The summed E-state index contributed by atoms with van der Waals surface area (Å²) in [5, 5.41) is 0. The zero-order chi connectivity index (χ0) is 12.4. The van der Waals surface area contributed by atoms with Crippen LogP contribution in [0, 0.1) is 5.82 Å². The van der Waals surface area contributed by atoms with Gasteiger partial charge in [-0.2, -0.15) is 0 Å². The van der Waals surface area contributed by atoms with Crippen LogP contribution in [0.3, 0.4) is 0 Å². The molecule has 0 bridgehead atoms. The van der Waals surface area contributed by atoms with E-state index in [1.165, 1.54) is 18.2 Å². The van der Waals surface area contributed by atoms with E-state index in [-0.39, 0.29) is 4.90 Å². The molecule has 0 radical (unpaired) electrons. The van der Waals surface area contributed by atoms with Crippen LogP contribution in [0.25, 0.3) is 0 Å². The number of sulfonamides is 1. The third-order valence-corrected chi connectivity index (χ3v) is 2.74. The molecule has 0 fully saturated rings. The van der Waals surface area contributed by atoms with E-state index >= 15 is 0 Å². The van der Waals surface area contributed by atoms with Gasteiger partial charge in [0.25, 0.3) is 10.0 Å². The largest absolute Gasteiger partial charge is 0.281 e. The SMILES string of the molecule is CC(C)(C)ONS(=O)(=O)c1cccc(F)c1. The van der Waals surface area contributed by atoms with Crippen LogP contribution in [0.5, 0.6) is 0 Å². The highest BCUT2D eigenvalue weighted by atomic mass is 32.2. The Kier molecular flexibility index (Phi) is 3.67. The van der Waals surface area contributed by atoms with Gasteiger partial charge in [-0.15, -0.1) is 0 Å². The minimum absolute atomic E-state index is 0.170. The lowest BCUT2D eigenvalue weighted by atomic mass is 10.2. The van der Waals surface area contributed by atoms with Gasteiger partial charge in [0.15, 0.2) is 0 Å². The van der Waals surface area contributed by atoms with Gasteiger partial charge in [-0.25, -0.2) is 12.8 Å². The van der Waals surface area contributed by atoms with Crippen LogP contribution in [0.1, 0.15) is 20.8 Å². The molecule has 0 saturated heterocycles. The van der Waals surface area contributed by atoms with Crippen LogP contribution in [-0.2, 0) is 14.9 Å². The van der Waals surface area contributed by atoms with Crippen LogP contribution in [0.15, 0.2) is 29.2 Å². The van der Waals surface area contributed by atoms with Crippen LogP contribution < -0.4 is 4.89 Å². The van der Waals surface area contributed by atoms with E-state index in [0.29, 0.717) is 0 Å². The molecule has 0 aromatic heterocycles. The monoisotopic (exact) mass is 247 g/mol. The van der Waals surface area contributed by atoms with Crippen molar-refractivity contribution in [1.82, 2.24) is 4.89 Å². The number of rotatable bonds is 3. The molecule has 1 aromatic carbocycles. The van der Waals surface area contributed by atoms with E-state index in [1.54, 1.807) is 20.8 Å². The number of halogens is 1. The maximum absolute atomic E-state index is 12.8. The Labute approximate surface area is 94.4 Å². The topological polar surface area (TPSA) is 55.4 Å². The summed E-state index contributed by atoms with van der Waals surface area (Å²) in [7, 11) is -3.83. The predicted octanol–water partition coefficient (Wildman–Crippen LogP) is 1.83. The molecule has 1 N–H and O–H groups in total. The molecule has 0 aliphatic heterocycles. The van der Waals surface area contributed by atoms with Gasteiger partial charge < -0.3 is 0 Å². The molecule has 0 heterocycles. The Morgan fingerprint density at radius 2 is 1.94 bits per heavy atom. The van der Waals surface area contributed by atoms with Crippen molar-refractivity contribution < 1.29 is 17.6 Å². The van der Waals surface area contributed by atoms with Crippen molar-refractivity contribution in [3.8, 4) is 0 Å². The molecule has 0 atom stereocenters. The van der Waals surface area contributed by atoms with Crippen molar-refractivity contribution in [3.05, 3.63) is 30.1 Å². The summed E-state index contributed by atoms with van der Waals surface area (Å²) in [4.78, 5) is 6.71. The summed E-state index contributed by atoms with van der Waals surface area (Å²) in [5.41, 5.74) is -0.652. The molecule has 0 spiro atoms. The first kappa shape index (κ1) is 13.1. The Hall–Kier alpha value is -0.980. The van der Waals surface area contributed by atoms with Crippen molar-refractivity contribution in [2.45, 2.75) is 31.3 Å². The first-order valence-corrected chi connectivity index (χ1v) is 6.14. The van der Waals surface area contributed by atoms with E-state index in [0.717, 1.165) is 6.07 Å². The molecule has 4 nitrogen and oxygen atoms in total. The van der Waals surface area contributed by atoms with Crippen LogP contribution in [0.2, 0.25) is 0 Å². The third kappa shape index (κ3) is 3.88. The van der Waals surface area contributed by atoms with Gasteiger partial charge in [0, 0.05) is 0 Å². The van der Waals surface area contributed by atoms with E-state index in [4.69, 9.17) is 4.84 Å². The molecule has 6 heteroatoms. The Balaban J connectivity index is 2.87. The van der Waals surface area contributed by atoms with Crippen molar-refractivity contribution in [2.24, 2.45) is 0 Å². The van der Waals surface area contributed by atoms with Gasteiger partial charge in [0.05, 0.1) is 10.5 Å². The van der Waals surface area contributed by atoms with Crippen molar-refractivity contribution in [3.63, 3.8) is 0 Å². The van der Waals surface area contributed by atoms with Crippen molar-refractivity contribution >= 4 is 10.0 Å². The summed E-state index contributed by atoms with van der Waals surface area (Å²) in [6.07, 6.45) is 0. The lowest BCUT2D eigenvalue weighted by Crippen LogP contribution is -2.33. The number of hydrogen-bond acceptors (Lipinski definition) is 3. The second kappa shape index (κ2) is 4.48. The molecule has 0 saturated carbocycles. The highest BCUT2D eigenvalue weighted by molar-refractivity contribution is 7.89. The molecule has 16 heavy (non-hydrogen) atoms. The second-order valence-corrected chi connectivity index (χ2v) is 5.90. The summed E-state index contributed by atoms with van der Waals surface area (Å²) < 4.78 is 36.1. The Morgan fingerprint density at radius 1 is 1.31 bits per heavy atom. The molecule has 0 amide bonds. The summed E-state index contributed by atoms with van der Waals surface area (Å²) in [6.45, 7) is 5.09. The predicted molar refractivity (Wildman–Crippen MR) is 57.6 cm³/mol. The summed E-state index contributed by atoms with van der Waals surface area (Å²) in [6, 6.07) is 4.70. The molecule has 90 valence electrons. The Morgan fingerprint density at radius 3 is 2.44 bits per heavy atom. The van der Waals surface area contributed by atoms with Gasteiger partial charge in [-0.05, 0) is 39.0 Å². The highest BCUT2D eigenvalue weighted by Gasteiger charge is 2.19. The van der Waals surface area contributed by atoms with Crippen molar-refractivity contribution in [1.29, 1.82) is 0 Å². The van der Waals surface area contributed by atoms with E-state index in [1.807, 2.05) is 4.89 Å². The summed E-state index contributed by atoms with van der Waals surface area (Å²) >= 11 is 0. The quantitative estimate of drug-likeness (QED) is 0.829. The van der Waals surface area contributed by atoms with Crippen LogP contribution in [-0.4, -0.2) is 14.0 Å². The van der Waals surface area contributed by atoms with E-state index in [9.17, 15) is 12.8 Å². The van der Waals surface area contributed by atoms with Crippen LogP contribution >= 0.6 is 0 Å². The Bertz CT molecular complexity index is 465. The van der Waals surface area contributed by atoms with Gasteiger partial charge in [-0.3, -0.25) is 4.84 Å². The molecule has 0 aliphatic carbocycles. The molecule has 1 rings (SSSR count). The van der Waals surface area contributed by atoms with E-state index < -0.39 is 21.4 Å². The molecule has 1 aromatic rings. The van der Waals surface area contributed by atoms with Crippen LogP contribution in [0.4, 0.5) is 4.39 Å². The minimum Gasteiger partial charge on any atom is -0.281 e. The molecule has 0 unspecified atom stereocenters. The molecule has 0 aliphatic rings. The summed E-state index contributed by atoms with van der Waals surface area (Å²) in [5.74, 6) is -0.612. The fraction of sp³-hybridized carbons (Fsp3) is 0.400. The number of hydrogen-bond donors (Lipinski definition) is 1.